The Morgan fingerprint density at radius 1 is 1.13 bits per heavy atom. The molecule has 1 aliphatic rings. The van der Waals surface area contributed by atoms with E-state index in [0.717, 1.165) is 34.5 Å². The molecular weight excluding hydrogens is 470 g/mol. The van der Waals surface area contributed by atoms with Crippen molar-refractivity contribution in [2.75, 3.05) is 26.3 Å². The summed E-state index contributed by atoms with van der Waals surface area (Å²) in [6.07, 6.45) is 0.935. The SMILES string of the molecule is CCCn1c(COc2ccc(Br)cc2)nc2cc(S(=O)(=O)N3CCOCC3)ccc21. The molecule has 3 aromatic rings. The predicted octanol–water partition coefficient (Wildman–Crippen LogP) is 3.81. The number of ether oxygens (including phenoxy) is 2. The number of halogens is 1. The Kier molecular flexibility index (Phi) is 6.43. The Morgan fingerprint density at radius 2 is 1.87 bits per heavy atom. The maximum absolute atomic E-state index is 13.0. The van der Waals surface area contributed by atoms with Crippen molar-refractivity contribution in [3.05, 3.63) is 52.8 Å². The first-order valence-electron chi connectivity index (χ1n) is 9.94. The summed E-state index contributed by atoms with van der Waals surface area (Å²) >= 11 is 3.42. The fourth-order valence-corrected chi connectivity index (χ4v) is 5.21. The van der Waals surface area contributed by atoms with Crippen molar-refractivity contribution in [1.82, 2.24) is 13.9 Å². The maximum atomic E-state index is 13.0. The van der Waals surface area contributed by atoms with Crippen molar-refractivity contribution in [2.45, 2.75) is 31.4 Å². The number of nitrogens with zero attached hydrogens (tertiary/aromatic N) is 3. The number of hydrogen-bond acceptors (Lipinski definition) is 5. The van der Waals surface area contributed by atoms with Gasteiger partial charge in [0.05, 0.1) is 29.1 Å². The van der Waals surface area contributed by atoms with Gasteiger partial charge >= 0.3 is 0 Å². The predicted molar refractivity (Wildman–Crippen MR) is 118 cm³/mol. The Hall–Kier alpha value is -1.94. The van der Waals surface area contributed by atoms with E-state index in [-0.39, 0.29) is 4.90 Å². The normalized spacial score (nSPS) is 15.5. The van der Waals surface area contributed by atoms with Gasteiger partial charge in [-0.15, -0.1) is 0 Å². The number of benzene rings is 2. The molecule has 0 saturated carbocycles. The maximum Gasteiger partial charge on any atom is 0.243 e. The Morgan fingerprint density at radius 3 is 2.57 bits per heavy atom. The summed E-state index contributed by atoms with van der Waals surface area (Å²) in [5, 5.41) is 0. The lowest BCUT2D eigenvalue weighted by Gasteiger charge is -2.26. The van der Waals surface area contributed by atoms with Crippen LogP contribution < -0.4 is 4.74 Å². The molecule has 0 radical (unpaired) electrons. The van der Waals surface area contributed by atoms with Crippen LogP contribution in [0.4, 0.5) is 0 Å². The molecule has 1 fully saturated rings. The smallest absolute Gasteiger partial charge is 0.243 e. The molecule has 1 aliphatic heterocycles. The lowest BCUT2D eigenvalue weighted by atomic mass is 10.3. The highest BCUT2D eigenvalue weighted by molar-refractivity contribution is 9.10. The summed E-state index contributed by atoms with van der Waals surface area (Å²) in [5.74, 6) is 1.53. The number of imidazole rings is 1. The van der Waals surface area contributed by atoms with E-state index in [1.54, 1.807) is 12.1 Å². The highest BCUT2D eigenvalue weighted by Gasteiger charge is 2.27. The van der Waals surface area contributed by atoms with Crippen LogP contribution in [0.1, 0.15) is 19.2 Å². The van der Waals surface area contributed by atoms with E-state index in [4.69, 9.17) is 14.5 Å². The van der Waals surface area contributed by atoms with E-state index in [1.165, 1.54) is 4.31 Å². The van der Waals surface area contributed by atoms with Gasteiger partial charge in [-0.1, -0.05) is 22.9 Å². The van der Waals surface area contributed by atoms with Gasteiger partial charge in [-0.05, 0) is 48.9 Å². The minimum atomic E-state index is -3.56. The number of sulfonamides is 1. The van der Waals surface area contributed by atoms with Gasteiger partial charge in [0.1, 0.15) is 18.2 Å². The summed E-state index contributed by atoms with van der Waals surface area (Å²) in [5.41, 5.74) is 1.57. The molecule has 0 bridgehead atoms. The molecule has 1 aromatic heterocycles. The third kappa shape index (κ3) is 4.39. The van der Waals surface area contributed by atoms with Gasteiger partial charge in [0.15, 0.2) is 0 Å². The van der Waals surface area contributed by atoms with Crippen molar-refractivity contribution < 1.29 is 17.9 Å². The molecule has 7 nitrogen and oxygen atoms in total. The summed E-state index contributed by atoms with van der Waals surface area (Å²) < 4.78 is 41.7. The van der Waals surface area contributed by atoms with Crippen molar-refractivity contribution >= 4 is 37.0 Å². The summed E-state index contributed by atoms with van der Waals surface area (Å²) in [6.45, 7) is 4.78. The molecule has 30 heavy (non-hydrogen) atoms. The van der Waals surface area contributed by atoms with Gasteiger partial charge in [-0.2, -0.15) is 4.31 Å². The lowest BCUT2D eigenvalue weighted by molar-refractivity contribution is 0.0730. The van der Waals surface area contributed by atoms with E-state index in [9.17, 15) is 8.42 Å². The second kappa shape index (κ2) is 9.05. The van der Waals surface area contributed by atoms with Crippen LogP contribution in [-0.4, -0.2) is 48.6 Å². The molecule has 0 spiro atoms. The molecule has 0 atom stereocenters. The molecule has 0 N–H and O–H groups in total. The van der Waals surface area contributed by atoms with Gasteiger partial charge in [0, 0.05) is 24.1 Å². The highest BCUT2D eigenvalue weighted by Crippen LogP contribution is 2.25. The molecule has 9 heteroatoms. The molecule has 1 saturated heterocycles. The number of morpholine rings is 1. The first-order valence-corrected chi connectivity index (χ1v) is 12.2. The third-order valence-electron chi connectivity index (χ3n) is 5.04. The average molecular weight is 494 g/mol. The van der Waals surface area contributed by atoms with E-state index >= 15 is 0 Å². The highest BCUT2D eigenvalue weighted by atomic mass is 79.9. The number of aryl methyl sites for hydroxylation is 1. The third-order valence-corrected chi connectivity index (χ3v) is 7.46. The first-order chi connectivity index (χ1) is 14.5. The molecule has 0 amide bonds. The van der Waals surface area contributed by atoms with Crippen molar-refractivity contribution in [3.63, 3.8) is 0 Å². The molecular formula is C21H24BrN3O4S. The van der Waals surface area contributed by atoms with Gasteiger partial charge in [-0.3, -0.25) is 0 Å². The number of fused-ring (bicyclic) bond motifs is 1. The van der Waals surface area contributed by atoms with Crippen LogP contribution >= 0.6 is 15.9 Å². The first kappa shape index (κ1) is 21.3. The van der Waals surface area contributed by atoms with Gasteiger partial charge in [0.2, 0.25) is 10.0 Å². The Bertz CT molecular complexity index is 1120. The topological polar surface area (TPSA) is 73.7 Å². The number of rotatable bonds is 7. The van der Waals surface area contributed by atoms with E-state index in [1.807, 2.05) is 30.3 Å². The molecule has 160 valence electrons. The van der Waals surface area contributed by atoms with Crippen LogP contribution in [0.25, 0.3) is 11.0 Å². The van der Waals surface area contributed by atoms with Crippen LogP contribution in [0.3, 0.4) is 0 Å². The zero-order chi connectivity index (χ0) is 21.1. The van der Waals surface area contributed by atoms with E-state index < -0.39 is 10.0 Å². The molecule has 0 aliphatic carbocycles. The quantitative estimate of drug-likeness (QED) is 0.500. The second-order valence-electron chi connectivity index (χ2n) is 7.09. The summed E-state index contributed by atoms with van der Waals surface area (Å²) in [7, 11) is -3.56. The zero-order valence-electron chi connectivity index (χ0n) is 16.8. The van der Waals surface area contributed by atoms with E-state index in [2.05, 4.69) is 27.4 Å². The number of aromatic nitrogens is 2. The Labute approximate surface area is 184 Å². The minimum Gasteiger partial charge on any atom is -0.486 e. The van der Waals surface area contributed by atoms with Gasteiger partial charge in [0.25, 0.3) is 0 Å². The molecule has 2 aromatic carbocycles. The van der Waals surface area contributed by atoms with Crippen molar-refractivity contribution in [2.24, 2.45) is 0 Å². The second-order valence-corrected chi connectivity index (χ2v) is 9.94. The zero-order valence-corrected chi connectivity index (χ0v) is 19.2. The average Bonchev–Trinajstić information content (AvgIpc) is 3.11. The Balaban J connectivity index is 1.64. The summed E-state index contributed by atoms with van der Waals surface area (Å²) in [4.78, 5) is 4.97. The van der Waals surface area contributed by atoms with Crippen molar-refractivity contribution in [1.29, 1.82) is 0 Å². The molecule has 2 heterocycles. The largest absolute Gasteiger partial charge is 0.486 e. The standard InChI is InChI=1S/C21H24BrN3O4S/c1-2-9-25-20-8-7-18(30(26,27)24-10-12-28-13-11-24)14-19(20)23-21(25)15-29-17-5-3-16(22)4-6-17/h3-8,14H,2,9-13,15H2,1H3. The van der Waals surface area contributed by atoms with Crippen LogP contribution in [0.15, 0.2) is 51.8 Å². The van der Waals surface area contributed by atoms with E-state index in [0.29, 0.717) is 38.4 Å². The van der Waals surface area contributed by atoms with Crippen molar-refractivity contribution in [3.8, 4) is 5.75 Å². The minimum absolute atomic E-state index is 0.262. The van der Waals surface area contributed by atoms with Gasteiger partial charge in [-0.25, -0.2) is 13.4 Å². The number of hydrogen-bond donors (Lipinski definition) is 0. The molecule has 0 unspecified atom stereocenters. The monoisotopic (exact) mass is 493 g/mol. The van der Waals surface area contributed by atoms with Crippen LogP contribution in [0.2, 0.25) is 0 Å². The fraction of sp³-hybridized carbons (Fsp3) is 0.381. The van der Waals surface area contributed by atoms with Crippen LogP contribution in [-0.2, 0) is 27.9 Å². The van der Waals surface area contributed by atoms with Gasteiger partial charge < -0.3 is 14.0 Å². The summed E-state index contributed by atoms with van der Waals surface area (Å²) in [6, 6.07) is 12.8. The lowest BCUT2D eigenvalue weighted by Crippen LogP contribution is -2.40. The molecule has 4 rings (SSSR count). The fourth-order valence-electron chi connectivity index (χ4n) is 3.52. The van der Waals surface area contributed by atoms with Crippen LogP contribution in [0, 0.1) is 0 Å². The van der Waals surface area contributed by atoms with Crippen LogP contribution in [0.5, 0.6) is 5.75 Å².